The van der Waals surface area contributed by atoms with Crippen LogP contribution in [0.2, 0.25) is 0 Å². The Labute approximate surface area is 148 Å². The molecule has 0 saturated heterocycles. The second-order valence-electron chi connectivity index (χ2n) is 5.43. The van der Waals surface area contributed by atoms with Gasteiger partial charge in [-0.1, -0.05) is 17.7 Å². The summed E-state index contributed by atoms with van der Waals surface area (Å²) >= 11 is 0. The van der Waals surface area contributed by atoms with Gasteiger partial charge in [0.05, 0.1) is 28.4 Å². The normalized spacial score (nSPS) is 11.0. The van der Waals surface area contributed by atoms with Crippen molar-refractivity contribution >= 4 is 27.4 Å². The largest absolute Gasteiger partial charge is 0.462 e. The lowest BCUT2D eigenvalue weighted by Crippen LogP contribution is -2.15. The van der Waals surface area contributed by atoms with Crippen LogP contribution < -0.4 is 10.0 Å². The summed E-state index contributed by atoms with van der Waals surface area (Å²) in [5.41, 5.74) is 2.14. The molecule has 7 heteroatoms. The van der Waals surface area contributed by atoms with Gasteiger partial charge >= 0.3 is 5.97 Å². The van der Waals surface area contributed by atoms with Crippen molar-refractivity contribution in [1.29, 1.82) is 0 Å². The van der Waals surface area contributed by atoms with Crippen LogP contribution in [-0.2, 0) is 14.8 Å². The maximum Gasteiger partial charge on any atom is 0.338 e. The molecule has 6 nitrogen and oxygen atoms in total. The number of carbonyl (C=O) groups excluding carboxylic acids is 1. The number of carbonyl (C=O) groups is 1. The van der Waals surface area contributed by atoms with Crippen molar-refractivity contribution in [2.45, 2.75) is 25.7 Å². The molecule has 25 heavy (non-hydrogen) atoms. The minimum absolute atomic E-state index is 0.155. The Kier molecular flexibility index (Phi) is 6.03. The third kappa shape index (κ3) is 4.73. The third-order valence-corrected chi connectivity index (χ3v) is 4.85. The molecule has 0 bridgehead atoms. The Morgan fingerprint density at radius 1 is 1.04 bits per heavy atom. The maximum atomic E-state index is 12.6. The zero-order chi connectivity index (χ0) is 18.4. The molecule has 0 aromatic heterocycles. The van der Waals surface area contributed by atoms with Crippen molar-refractivity contribution in [3.63, 3.8) is 0 Å². The van der Waals surface area contributed by atoms with Crippen LogP contribution in [0.15, 0.2) is 47.4 Å². The van der Waals surface area contributed by atoms with Gasteiger partial charge < -0.3 is 10.1 Å². The van der Waals surface area contributed by atoms with E-state index >= 15 is 0 Å². The molecule has 0 unspecified atom stereocenters. The minimum Gasteiger partial charge on any atom is -0.462 e. The highest BCUT2D eigenvalue weighted by Gasteiger charge is 2.18. The van der Waals surface area contributed by atoms with Crippen LogP contribution in [0.5, 0.6) is 0 Å². The highest BCUT2D eigenvalue weighted by molar-refractivity contribution is 7.92. The van der Waals surface area contributed by atoms with Gasteiger partial charge in [-0.15, -0.1) is 0 Å². The van der Waals surface area contributed by atoms with Crippen LogP contribution >= 0.6 is 0 Å². The van der Waals surface area contributed by atoms with Gasteiger partial charge in [0.25, 0.3) is 10.0 Å². The fourth-order valence-corrected chi connectivity index (χ4v) is 3.31. The first-order valence-electron chi connectivity index (χ1n) is 8.02. The van der Waals surface area contributed by atoms with Crippen LogP contribution in [0.3, 0.4) is 0 Å². The molecule has 0 heterocycles. The second-order valence-corrected chi connectivity index (χ2v) is 7.11. The summed E-state index contributed by atoms with van der Waals surface area (Å²) in [6.45, 7) is 6.36. The Hall–Kier alpha value is -2.54. The van der Waals surface area contributed by atoms with E-state index in [1.807, 2.05) is 13.8 Å². The van der Waals surface area contributed by atoms with Crippen molar-refractivity contribution in [1.82, 2.24) is 0 Å². The predicted octanol–water partition coefficient (Wildman–Crippen LogP) is 3.40. The SMILES string of the molecule is CCNc1ccc(C(=O)OCC)cc1NS(=O)(=O)c1ccc(C)cc1. The average Bonchev–Trinajstić information content (AvgIpc) is 2.57. The number of hydrogen-bond donors (Lipinski definition) is 2. The molecule has 2 N–H and O–H groups in total. The van der Waals surface area contributed by atoms with Crippen LogP contribution in [-0.4, -0.2) is 27.5 Å². The standard InChI is InChI=1S/C18H22N2O4S/c1-4-19-16-11-8-14(18(21)24-5-2)12-17(16)20-25(22,23)15-9-6-13(3)7-10-15/h6-12,19-20H,4-5H2,1-3H3. The molecule has 134 valence electrons. The molecule has 0 spiro atoms. The van der Waals surface area contributed by atoms with E-state index in [0.717, 1.165) is 5.56 Å². The highest BCUT2D eigenvalue weighted by atomic mass is 32.2. The number of benzene rings is 2. The van der Waals surface area contributed by atoms with E-state index in [-0.39, 0.29) is 17.1 Å². The van der Waals surface area contributed by atoms with Crippen molar-refractivity contribution in [3.05, 3.63) is 53.6 Å². The first kappa shape index (κ1) is 18.8. The molecule has 0 radical (unpaired) electrons. The van der Waals surface area contributed by atoms with E-state index in [4.69, 9.17) is 4.74 Å². The quantitative estimate of drug-likeness (QED) is 0.738. The van der Waals surface area contributed by atoms with Gasteiger partial charge in [-0.2, -0.15) is 0 Å². The van der Waals surface area contributed by atoms with Crippen LogP contribution in [0.1, 0.15) is 29.8 Å². The van der Waals surface area contributed by atoms with E-state index in [9.17, 15) is 13.2 Å². The summed E-state index contributed by atoms with van der Waals surface area (Å²) in [6, 6.07) is 11.3. The Balaban J connectivity index is 2.39. The van der Waals surface area contributed by atoms with Crippen LogP contribution in [0, 0.1) is 6.92 Å². The molecule has 0 fully saturated rings. The summed E-state index contributed by atoms with van der Waals surface area (Å²) in [5.74, 6) is -0.499. The zero-order valence-electron chi connectivity index (χ0n) is 14.5. The van der Waals surface area contributed by atoms with Crippen molar-refractivity contribution in [2.24, 2.45) is 0 Å². The van der Waals surface area contributed by atoms with Crippen molar-refractivity contribution in [3.8, 4) is 0 Å². The Morgan fingerprint density at radius 2 is 1.72 bits per heavy atom. The number of ether oxygens (including phenoxy) is 1. The lowest BCUT2D eigenvalue weighted by molar-refractivity contribution is 0.0526. The Morgan fingerprint density at radius 3 is 2.32 bits per heavy atom. The van der Waals surface area contributed by atoms with Crippen molar-refractivity contribution < 1.29 is 17.9 Å². The fraction of sp³-hybridized carbons (Fsp3) is 0.278. The average molecular weight is 362 g/mol. The van der Waals surface area contributed by atoms with Gasteiger partial charge in [0.1, 0.15) is 0 Å². The summed E-state index contributed by atoms with van der Waals surface area (Å²) in [7, 11) is -3.77. The smallest absolute Gasteiger partial charge is 0.338 e. The third-order valence-electron chi connectivity index (χ3n) is 3.47. The van der Waals surface area contributed by atoms with Gasteiger partial charge in [0.2, 0.25) is 0 Å². The van der Waals surface area contributed by atoms with Crippen LogP contribution in [0.4, 0.5) is 11.4 Å². The zero-order valence-corrected chi connectivity index (χ0v) is 15.3. The molecule has 0 aliphatic carbocycles. The van der Waals surface area contributed by atoms with Gasteiger partial charge in [-0.25, -0.2) is 13.2 Å². The topological polar surface area (TPSA) is 84.5 Å². The van der Waals surface area contributed by atoms with Gasteiger partial charge in [0.15, 0.2) is 0 Å². The minimum atomic E-state index is -3.77. The molecule has 0 saturated carbocycles. The fourth-order valence-electron chi connectivity index (χ4n) is 2.24. The Bertz CT molecular complexity index is 846. The summed E-state index contributed by atoms with van der Waals surface area (Å²) in [4.78, 5) is 12.1. The number of sulfonamides is 1. The molecule has 2 rings (SSSR count). The number of esters is 1. The molecule has 2 aromatic carbocycles. The molecule has 0 atom stereocenters. The summed E-state index contributed by atoms with van der Waals surface area (Å²) < 4.78 is 32.8. The van der Waals surface area contributed by atoms with Gasteiger partial charge in [0, 0.05) is 6.54 Å². The first-order chi connectivity index (χ1) is 11.9. The van der Waals surface area contributed by atoms with E-state index in [1.54, 1.807) is 43.3 Å². The van der Waals surface area contributed by atoms with Crippen molar-refractivity contribution in [2.75, 3.05) is 23.2 Å². The predicted molar refractivity (Wildman–Crippen MR) is 98.5 cm³/mol. The molecular formula is C18H22N2O4S. The monoisotopic (exact) mass is 362 g/mol. The highest BCUT2D eigenvalue weighted by Crippen LogP contribution is 2.26. The molecule has 0 aliphatic rings. The molecular weight excluding hydrogens is 340 g/mol. The number of hydrogen-bond acceptors (Lipinski definition) is 5. The number of nitrogens with one attached hydrogen (secondary N) is 2. The van der Waals surface area contributed by atoms with E-state index in [0.29, 0.717) is 17.9 Å². The van der Waals surface area contributed by atoms with E-state index in [2.05, 4.69) is 10.0 Å². The second kappa shape index (κ2) is 8.02. The number of anilines is 2. The number of rotatable bonds is 7. The van der Waals surface area contributed by atoms with Gasteiger partial charge in [-0.05, 0) is 51.1 Å². The summed E-state index contributed by atoms with van der Waals surface area (Å²) in [6.07, 6.45) is 0. The van der Waals surface area contributed by atoms with Gasteiger partial charge in [-0.3, -0.25) is 4.72 Å². The first-order valence-corrected chi connectivity index (χ1v) is 9.50. The lowest BCUT2D eigenvalue weighted by Gasteiger charge is -2.15. The molecule has 2 aromatic rings. The van der Waals surface area contributed by atoms with E-state index in [1.165, 1.54) is 6.07 Å². The maximum absolute atomic E-state index is 12.6. The molecule has 0 aliphatic heterocycles. The van der Waals surface area contributed by atoms with Crippen LogP contribution in [0.25, 0.3) is 0 Å². The number of aryl methyl sites for hydroxylation is 1. The lowest BCUT2D eigenvalue weighted by atomic mass is 10.1. The summed E-state index contributed by atoms with van der Waals surface area (Å²) in [5, 5.41) is 3.08. The van der Waals surface area contributed by atoms with E-state index < -0.39 is 16.0 Å². The molecule has 0 amide bonds.